The molecule has 83 heavy (non-hydrogen) atoms. The molecule has 0 fully saturated rings. The van der Waals surface area contributed by atoms with Crippen LogP contribution in [-0.4, -0.2) is 37.2 Å². The fraction of sp³-hybridized carbons (Fsp3) is 0.805. The SMILES string of the molecule is CC/C=C\C/C=C\C/C=C\CCCCCCCC(=O)OCC(COC(=O)CCCCCCCCCCCC/C=C\C/C=C\C/C=C\CCCCCCC)OC(=O)CCCCCCCCCCCCCCCCCCCCCCCCCCC. The molecule has 482 valence electrons. The highest BCUT2D eigenvalue weighted by atomic mass is 16.6. The van der Waals surface area contributed by atoms with Crippen LogP contribution in [0.2, 0.25) is 0 Å². The molecule has 0 amide bonds. The molecular weight excluding hydrogens is 1020 g/mol. The van der Waals surface area contributed by atoms with Crippen LogP contribution in [0, 0.1) is 0 Å². The van der Waals surface area contributed by atoms with Crippen LogP contribution in [-0.2, 0) is 28.6 Å². The van der Waals surface area contributed by atoms with Gasteiger partial charge in [-0.1, -0.05) is 344 Å². The molecule has 0 aromatic heterocycles. The molecule has 0 N–H and O–H groups in total. The van der Waals surface area contributed by atoms with Crippen LogP contribution < -0.4 is 0 Å². The van der Waals surface area contributed by atoms with Gasteiger partial charge in [-0.05, 0) is 89.9 Å². The van der Waals surface area contributed by atoms with Crippen LogP contribution in [0.1, 0.15) is 380 Å². The van der Waals surface area contributed by atoms with Crippen LogP contribution in [0.25, 0.3) is 0 Å². The summed E-state index contributed by atoms with van der Waals surface area (Å²) in [6, 6.07) is 0. The summed E-state index contributed by atoms with van der Waals surface area (Å²) in [5, 5.41) is 0. The van der Waals surface area contributed by atoms with Gasteiger partial charge < -0.3 is 14.2 Å². The number of hydrogen-bond donors (Lipinski definition) is 0. The highest BCUT2D eigenvalue weighted by Gasteiger charge is 2.19. The third-order valence-electron chi connectivity index (χ3n) is 16.2. The molecule has 1 unspecified atom stereocenters. The van der Waals surface area contributed by atoms with Crippen molar-refractivity contribution in [2.24, 2.45) is 0 Å². The van der Waals surface area contributed by atoms with E-state index in [1.165, 1.54) is 231 Å². The average molecular weight is 1160 g/mol. The van der Waals surface area contributed by atoms with Crippen LogP contribution in [0.4, 0.5) is 0 Å². The molecule has 0 heterocycles. The second-order valence-electron chi connectivity index (χ2n) is 24.5. The van der Waals surface area contributed by atoms with E-state index in [1.54, 1.807) is 0 Å². The van der Waals surface area contributed by atoms with E-state index in [0.29, 0.717) is 19.3 Å². The van der Waals surface area contributed by atoms with Crippen molar-refractivity contribution in [2.45, 2.75) is 386 Å². The first-order chi connectivity index (χ1) is 41.0. The van der Waals surface area contributed by atoms with Gasteiger partial charge in [-0.3, -0.25) is 14.4 Å². The lowest BCUT2D eigenvalue weighted by Crippen LogP contribution is -2.30. The van der Waals surface area contributed by atoms with Crippen molar-refractivity contribution in [3.63, 3.8) is 0 Å². The zero-order valence-electron chi connectivity index (χ0n) is 55.5. The molecule has 0 saturated heterocycles. The lowest BCUT2D eigenvalue weighted by molar-refractivity contribution is -0.167. The van der Waals surface area contributed by atoms with E-state index < -0.39 is 6.10 Å². The van der Waals surface area contributed by atoms with Crippen molar-refractivity contribution in [2.75, 3.05) is 13.2 Å². The van der Waals surface area contributed by atoms with E-state index in [-0.39, 0.29) is 31.1 Å². The maximum Gasteiger partial charge on any atom is 0.306 e. The molecule has 0 spiro atoms. The van der Waals surface area contributed by atoms with Gasteiger partial charge in [0.15, 0.2) is 6.10 Å². The number of rotatable bonds is 67. The van der Waals surface area contributed by atoms with Gasteiger partial charge in [-0.2, -0.15) is 0 Å². The van der Waals surface area contributed by atoms with Crippen LogP contribution in [0.5, 0.6) is 0 Å². The minimum Gasteiger partial charge on any atom is -0.462 e. The van der Waals surface area contributed by atoms with Gasteiger partial charge in [-0.25, -0.2) is 0 Å². The van der Waals surface area contributed by atoms with Crippen molar-refractivity contribution >= 4 is 17.9 Å². The van der Waals surface area contributed by atoms with Gasteiger partial charge in [-0.15, -0.1) is 0 Å². The van der Waals surface area contributed by atoms with Gasteiger partial charge in [0.1, 0.15) is 13.2 Å². The Balaban J connectivity index is 4.30. The predicted molar refractivity (Wildman–Crippen MR) is 362 cm³/mol. The van der Waals surface area contributed by atoms with Gasteiger partial charge in [0, 0.05) is 19.3 Å². The van der Waals surface area contributed by atoms with Crippen LogP contribution in [0.3, 0.4) is 0 Å². The molecular formula is C77H138O6. The quantitative estimate of drug-likeness (QED) is 0.0261. The Morgan fingerprint density at radius 3 is 0.735 bits per heavy atom. The minimum atomic E-state index is -0.785. The third-order valence-corrected chi connectivity index (χ3v) is 16.2. The topological polar surface area (TPSA) is 78.9 Å². The monoisotopic (exact) mass is 1160 g/mol. The van der Waals surface area contributed by atoms with Crippen LogP contribution >= 0.6 is 0 Å². The molecule has 0 saturated carbocycles. The highest BCUT2D eigenvalue weighted by molar-refractivity contribution is 5.71. The number of carbonyl (C=O) groups is 3. The smallest absolute Gasteiger partial charge is 0.306 e. The summed E-state index contributed by atoms with van der Waals surface area (Å²) >= 11 is 0. The molecule has 0 aliphatic rings. The summed E-state index contributed by atoms with van der Waals surface area (Å²) < 4.78 is 17.0. The zero-order chi connectivity index (χ0) is 59.9. The second-order valence-corrected chi connectivity index (χ2v) is 24.5. The Morgan fingerprint density at radius 2 is 0.470 bits per heavy atom. The van der Waals surface area contributed by atoms with Crippen molar-refractivity contribution in [3.8, 4) is 0 Å². The van der Waals surface area contributed by atoms with Gasteiger partial charge in [0.2, 0.25) is 0 Å². The molecule has 0 aliphatic heterocycles. The first-order valence-electron chi connectivity index (χ1n) is 36.4. The van der Waals surface area contributed by atoms with Gasteiger partial charge in [0.05, 0.1) is 0 Å². The summed E-state index contributed by atoms with van der Waals surface area (Å²) in [7, 11) is 0. The molecule has 0 aromatic rings. The minimum absolute atomic E-state index is 0.0799. The van der Waals surface area contributed by atoms with Crippen LogP contribution in [0.15, 0.2) is 72.9 Å². The van der Waals surface area contributed by atoms with Gasteiger partial charge in [0.25, 0.3) is 0 Å². The number of hydrogen-bond acceptors (Lipinski definition) is 6. The number of carbonyl (C=O) groups excluding carboxylic acids is 3. The zero-order valence-corrected chi connectivity index (χ0v) is 55.5. The van der Waals surface area contributed by atoms with E-state index in [4.69, 9.17) is 14.2 Å². The number of esters is 3. The Morgan fingerprint density at radius 1 is 0.253 bits per heavy atom. The Hall–Kier alpha value is -3.15. The number of ether oxygens (including phenoxy) is 3. The van der Waals surface area contributed by atoms with Crippen molar-refractivity contribution in [1.29, 1.82) is 0 Å². The van der Waals surface area contributed by atoms with E-state index >= 15 is 0 Å². The predicted octanol–water partition coefficient (Wildman–Crippen LogP) is 25.2. The van der Waals surface area contributed by atoms with E-state index in [0.717, 1.165) is 109 Å². The largest absolute Gasteiger partial charge is 0.462 e. The molecule has 0 radical (unpaired) electrons. The lowest BCUT2D eigenvalue weighted by Gasteiger charge is -2.18. The fourth-order valence-corrected chi connectivity index (χ4v) is 10.8. The van der Waals surface area contributed by atoms with E-state index in [1.807, 2.05) is 0 Å². The molecule has 0 aromatic carbocycles. The Labute approximate surface area is 516 Å². The van der Waals surface area contributed by atoms with Crippen molar-refractivity contribution in [3.05, 3.63) is 72.9 Å². The summed E-state index contributed by atoms with van der Waals surface area (Å²) in [6.07, 6.45) is 93.7. The molecule has 0 rings (SSSR count). The lowest BCUT2D eigenvalue weighted by atomic mass is 10.0. The fourth-order valence-electron chi connectivity index (χ4n) is 10.8. The molecule has 0 bridgehead atoms. The summed E-state index contributed by atoms with van der Waals surface area (Å²) in [5.41, 5.74) is 0. The Bertz CT molecular complexity index is 1520. The van der Waals surface area contributed by atoms with Crippen molar-refractivity contribution < 1.29 is 28.6 Å². The average Bonchev–Trinajstić information content (AvgIpc) is 3.49. The second kappa shape index (κ2) is 71.3. The molecule has 0 aliphatic carbocycles. The maximum absolute atomic E-state index is 13.0. The number of unbranched alkanes of at least 4 members (excludes halogenated alkanes) is 44. The number of allylic oxidation sites excluding steroid dienone is 12. The first-order valence-corrected chi connectivity index (χ1v) is 36.4. The molecule has 1 atom stereocenters. The van der Waals surface area contributed by atoms with E-state index in [9.17, 15) is 14.4 Å². The summed E-state index contributed by atoms with van der Waals surface area (Å²) in [6.45, 7) is 6.56. The molecule has 6 nitrogen and oxygen atoms in total. The molecule has 6 heteroatoms. The summed E-state index contributed by atoms with van der Waals surface area (Å²) in [4.78, 5) is 38.5. The Kier molecular flexibility index (Phi) is 68.6. The maximum atomic E-state index is 13.0. The first kappa shape index (κ1) is 79.8. The normalized spacial score (nSPS) is 12.5. The summed E-state index contributed by atoms with van der Waals surface area (Å²) in [5.74, 6) is -0.878. The highest BCUT2D eigenvalue weighted by Crippen LogP contribution is 2.18. The van der Waals surface area contributed by atoms with Crippen molar-refractivity contribution in [1.82, 2.24) is 0 Å². The van der Waals surface area contributed by atoms with E-state index in [2.05, 4.69) is 93.7 Å². The van der Waals surface area contributed by atoms with Gasteiger partial charge >= 0.3 is 17.9 Å². The third kappa shape index (κ3) is 69.5. The standard InChI is InChI=1S/C77H138O6/c1-4-7-10-13-16-19-22-25-28-30-32-34-36-38-40-42-44-46-49-52-55-58-61-64-67-70-76(79)82-73-74(72-81-75(78)69-66-63-60-57-54-51-48-27-24-21-18-15-12-9-6-3)83-77(80)71-68-65-62-59-56-53-50-47-45-43-41-39-37-35-33-31-29-26-23-20-17-14-11-8-5-2/h9,12,18,21-22,25,27,30,32,36,38,48,74H,4-8,10-11,13-17,19-20,23-24,26,28-29,31,33-35,37,39-47,49-73H2,1-3H3/b12-9-,21-18-,25-22-,32-30-,38-36-,48-27-.